The second-order valence-corrected chi connectivity index (χ2v) is 8.61. The molecular formula is C18H29N3O3S. The summed E-state index contributed by atoms with van der Waals surface area (Å²) < 4.78 is 27.9. The van der Waals surface area contributed by atoms with E-state index in [0.717, 1.165) is 38.6 Å². The fourth-order valence-electron chi connectivity index (χ4n) is 3.01. The zero-order valence-corrected chi connectivity index (χ0v) is 15.9. The van der Waals surface area contributed by atoms with E-state index in [9.17, 15) is 13.2 Å². The Balaban J connectivity index is 1.98. The molecule has 0 atom stereocenters. The van der Waals surface area contributed by atoms with E-state index in [1.165, 1.54) is 18.6 Å². The maximum Gasteiger partial charge on any atom is 0.251 e. The summed E-state index contributed by atoms with van der Waals surface area (Å²) in [5.74, 6) is -0.242. The maximum absolute atomic E-state index is 12.6. The number of nitrogens with one attached hydrogen (secondary N) is 2. The highest BCUT2D eigenvalue weighted by molar-refractivity contribution is 7.89. The average Bonchev–Trinajstić information content (AvgIpc) is 2.59. The second kappa shape index (κ2) is 9.31. The van der Waals surface area contributed by atoms with E-state index in [4.69, 9.17) is 0 Å². The third-order valence-electron chi connectivity index (χ3n) is 4.40. The van der Waals surface area contributed by atoms with Crippen LogP contribution in [0.15, 0.2) is 29.2 Å². The van der Waals surface area contributed by atoms with Gasteiger partial charge in [-0.25, -0.2) is 13.1 Å². The molecule has 1 fully saturated rings. The lowest BCUT2D eigenvalue weighted by atomic mass is 9.96. The average molecular weight is 368 g/mol. The van der Waals surface area contributed by atoms with Crippen molar-refractivity contribution < 1.29 is 13.2 Å². The minimum atomic E-state index is -3.59. The SMILES string of the molecule is CN(C)CCCNC(=O)c1cccc(S(=O)(=O)NC2CCCCC2)c1. The van der Waals surface area contributed by atoms with E-state index >= 15 is 0 Å². The van der Waals surface area contributed by atoms with Crippen molar-refractivity contribution in [3.63, 3.8) is 0 Å². The van der Waals surface area contributed by atoms with Gasteiger partial charge in [0, 0.05) is 18.2 Å². The Morgan fingerprint density at radius 1 is 1.20 bits per heavy atom. The van der Waals surface area contributed by atoms with Gasteiger partial charge in [-0.2, -0.15) is 0 Å². The Kier molecular flexibility index (Phi) is 7.40. The lowest BCUT2D eigenvalue weighted by Gasteiger charge is -2.22. The van der Waals surface area contributed by atoms with Crippen LogP contribution in [0.2, 0.25) is 0 Å². The first kappa shape index (κ1) is 19.9. The van der Waals surface area contributed by atoms with Crippen molar-refractivity contribution in [3.05, 3.63) is 29.8 Å². The quantitative estimate of drug-likeness (QED) is 0.689. The molecule has 1 amide bonds. The number of hydrogen-bond acceptors (Lipinski definition) is 4. The molecule has 0 aliphatic heterocycles. The molecule has 6 nitrogen and oxygen atoms in total. The van der Waals surface area contributed by atoms with Crippen LogP contribution in [-0.2, 0) is 10.0 Å². The van der Waals surface area contributed by atoms with E-state index in [0.29, 0.717) is 12.1 Å². The first-order valence-corrected chi connectivity index (χ1v) is 10.4. The first-order valence-electron chi connectivity index (χ1n) is 8.94. The number of sulfonamides is 1. The Labute approximate surface area is 151 Å². The molecule has 140 valence electrons. The van der Waals surface area contributed by atoms with Crippen LogP contribution in [0.3, 0.4) is 0 Å². The lowest BCUT2D eigenvalue weighted by Crippen LogP contribution is -2.36. The van der Waals surface area contributed by atoms with Crippen LogP contribution in [0.5, 0.6) is 0 Å². The summed E-state index contributed by atoms with van der Waals surface area (Å²) >= 11 is 0. The molecular weight excluding hydrogens is 338 g/mol. The van der Waals surface area contributed by atoms with Crippen LogP contribution in [0, 0.1) is 0 Å². The summed E-state index contributed by atoms with van der Waals surface area (Å²) in [5.41, 5.74) is 0.372. The van der Waals surface area contributed by atoms with Gasteiger partial charge in [-0.05, 0) is 58.1 Å². The fraction of sp³-hybridized carbons (Fsp3) is 0.611. The predicted octanol–water partition coefficient (Wildman–Crippen LogP) is 1.98. The van der Waals surface area contributed by atoms with Gasteiger partial charge in [0.05, 0.1) is 4.90 Å². The van der Waals surface area contributed by atoms with Crippen molar-refractivity contribution >= 4 is 15.9 Å². The fourth-order valence-corrected chi connectivity index (χ4v) is 4.36. The Hall–Kier alpha value is -1.44. The van der Waals surface area contributed by atoms with Gasteiger partial charge in [0.25, 0.3) is 5.91 Å². The Bertz CT molecular complexity index is 668. The minimum absolute atomic E-state index is 0.00210. The van der Waals surface area contributed by atoms with Gasteiger partial charge in [-0.15, -0.1) is 0 Å². The maximum atomic E-state index is 12.6. The first-order chi connectivity index (χ1) is 11.9. The molecule has 0 heterocycles. The predicted molar refractivity (Wildman–Crippen MR) is 99.1 cm³/mol. The lowest BCUT2D eigenvalue weighted by molar-refractivity contribution is 0.0952. The molecule has 0 aromatic heterocycles. The molecule has 1 saturated carbocycles. The minimum Gasteiger partial charge on any atom is -0.352 e. The van der Waals surface area contributed by atoms with E-state index in [1.54, 1.807) is 12.1 Å². The zero-order chi connectivity index (χ0) is 18.3. The summed E-state index contributed by atoms with van der Waals surface area (Å²) in [6.45, 7) is 1.45. The smallest absolute Gasteiger partial charge is 0.251 e. The number of carbonyl (C=O) groups excluding carboxylic acids is 1. The summed E-state index contributed by atoms with van der Waals surface area (Å²) in [5, 5.41) is 2.83. The summed E-state index contributed by atoms with van der Waals surface area (Å²) in [6.07, 6.45) is 5.89. The number of benzene rings is 1. The molecule has 0 unspecified atom stereocenters. The number of rotatable bonds is 8. The van der Waals surface area contributed by atoms with Crippen LogP contribution < -0.4 is 10.0 Å². The van der Waals surface area contributed by atoms with Gasteiger partial charge in [0.1, 0.15) is 0 Å². The molecule has 0 bridgehead atoms. The van der Waals surface area contributed by atoms with Crippen molar-refractivity contribution in [2.24, 2.45) is 0 Å². The van der Waals surface area contributed by atoms with Crippen LogP contribution in [0.4, 0.5) is 0 Å². The largest absolute Gasteiger partial charge is 0.352 e. The molecule has 7 heteroatoms. The third kappa shape index (κ3) is 6.41. The summed E-state index contributed by atoms with van der Waals surface area (Å²) in [7, 11) is 0.374. The molecule has 2 rings (SSSR count). The van der Waals surface area contributed by atoms with Gasteiger partial charge in [-0.1, -0.05) is 25.3 Å². The number of amides is 1. The highest BCUT2D eigenvalue weighted by Crippen LogP contribution is 2.20. The second-order valence-electron chi connectivity index (χ2n) is 6.90. The molecule has 0 spiro atoms. The molecule has 1 aromatic rings. The molecule has 1 aromatic carbocycles. The molecule has 0 saturated heterocycles. The van der Waals surface area contributed by atoms with Crippen molar-refractivity contribution in [2.75, 3.05) is 27.2 Å². The Morgan fingerprint density at radius 2 is 1.92 bits per heavy atom. The highest BCUT2D eigenvalue weighted by atomic mass is 32.2. The van der Waals surface area contributed by atoms with Gasteiger partial charge < -0.3 is 10.2 Å². The van der Waals surface area contributed by atoms with E-state index in [2.05, 4.69) is 14.9 Å². The van der Waals surface area contributed by atoms with E-state index in [1.807, 2.05) is 14.1 Å². The molecule has 0 radical (unpaired) electrons. The normalized spacial score (nSPS) is 16.1. The third-order valence-corrected chi connectivity index (χ3v) is 5.92. The van der Waals surface area contributed by atoms with Crippen molar-refractivity contribution in [1.82, 2.24) is 14.9 Å². The van der Waals surface area contributed by atoms with Crippen LogP contribution in [0.1, 0.15) is 48.9 Å². The van der Waals surface area contributed by atoms with E-state index < -0.39 is 10.0 Å². The monoisotopic (exact) mass is 367 g/mol. The van der Waals surface area contributed by atoms with Crippen molar-refractivity contribution in [3.8, 4) is 0 Å². The highest BCUT2D eigenvalue weighted by Gasteiger charge is 2.22. The summed E-state index contributed by atoms with van der Waals surface area (Å²) in [6, 6.07) is 6.24. The van der Waals surface area contributed by atoms with Gasteiger partial charge >= 0.3 is 0 Å². The molecule has 1 aliphatic carbocycles. The standard InChI is InChI=1S/C18H29N3O3S/c1-21(2)13-7-12-19-18(22)15-8-6-11-17(14-15)25(23,24)20-16-9-4-3-5-10-16/h6,8,11,14,16,20H,3-5,7,9-10,12-13H2,1-2H3,(H,19,22). The number of hydrogen-bond donors (Lipinski definition) is 2. The van der Waals surface area contributed by atoms with Crippen LogP contribution >= 0.6 is 0 Å². The van der Waals surface area contributed by atoms with Crippen LogP contribution in [0.25, 0.3) is 0 Å². The molecule has 2 N–H and O–H groups in total. The Morgan fingerprint density at radius 3 is 2.60 bits per heavy atom. The van der Waals surface area contributed by atoms with Gasteiger partial charge in [0.2, 0.25) is 10.0 Å². The topological polar surface area (TPSA) is 78.5 Å². The molecule has 25 heavy (non-hydrogen) atoms. The van der Waals surface area contributed by atoms with Gasteiger partial charge in [0.15, 0.2) is 0 Å². The van der Waals surface area contributed by atoms with Crippen molar-refractivity contribution in [2.45, 2.75) is 49.5 Å². The number of carbonyl (C=O) groups is 1. The van der Waals surface area contributed by atoms with E-state index in [-0.39, 0.29) is 16.8 Å². The number of nitrogens with zero attached hydrogens (tertiary/aromatic N) is 1. The zero-order valence-electron chi connectivity index (χ0n) is 15.1. The van der Waals surface area contributed by atoms with Gasteiger partial charge in [-0.3, -0.25) is 4.79 Å². The molecule has 1 aliphatic rings. The summed E-state index contributed by atoms with van der Waals surface area (Å²) in [4.78, 5) is 14.4. The van der Waals surface area contributed by atoms with Crippen molar-refractivity contribution in [1.29, 1.82) is 0 Å². The van der Waals surface area contributed by atoms with Crippen LogP contribution in [-0.4, -0.2) is 52.5 Å².